The monoisotopic (exact) mass is 457 g/mol. The molecule has 0 aromatic heterocycles. The molecular formula is C15H12IN3O4S. The van der Waals surface area contributed by atoms with Crippen molar-refractivity contribution in [3.05, 3.63) is 61.7 Å². The molecule has 0 saturated heterocycles. The van der Waals surface area contributed by atoms with Gasteiger partial charge in [-0.05, 0) is 59.1 Å². The van der Waals surface area contributed by atoms with E-state index in [4.69, 9.17) is 17.0 Å². The summed E-state index contributed by atoms with van der Waals surface area (Å²) < 4.78 is 5.72. The summed E-state index contributed by atoms with van der Waals surface area (Å²) in [6.07, 6.45) is 0. The second-order valence-electron chi connectivity index (χ2n) is 4.53. The molecule has 2 rings (SSSR count). The van der Waals surface area contributed by atoms with Crippen LogP contribution in [0.15, 0.2) is 42.5 Å². The quantitative estimate of drug-likeness (QED) is 0.317. The van der Waals surface area contributed by atoms with Gasteiger partial charge in [-0.15, -0.1) is 0 Å². The van der Waals surface area contributed by atoms with E-state index in [1.165, 1.54) is 19.2 Å². The Kier molecular flexibility index (Phi) is 6.04. The van der Waals surface area contributed by atoms with Crippen LogP contribution in [0.3, 0.4) is 0 Å². The minimum Gasteiger partial charge on any atom is -0.490 e. The normalized spacial score (nSPS) is 9.92. The first-order valence-electron chi connectivity index (χ1n) is 6.61. The zero-order valence-corrected chi connectivity index (χ0v) is 15.4. The number of anilines is 1. The number of rotatable bonds is 4. The van der Waals surface area contributed by atoms with Gasteiger partial charge in [0, 0.05) is 15.3 Å². The molecule has 7 nitrogen and oxygen atoms in total. The molecule has 0 bridgehead atoms. The molecule has 0 heterocycles. The molecule has 24 heavy (non-hydrogen) atoms. The average Bonchev–Trinajstić information content (AvgIpc) is 2.54. The molecular weight excluding hydrogens is 445 g/mol. The lowest BCUT2D eigenvalue weighted by Gasteiger charge is -2.11. The van der Waals surface area contributed by atoms with E-state index in [2.05, 4.69) is 33.2 Å². The molecule has 0 aliphatic rings. The lowest BCUT2D eigenvalue weighted by molar-refractivity contribution is -0.385. The van der Waals surface area contributed by atoms with Crippen LogP contribution in [0.25, 0.3) is 0 Å². The Morgan fingerprint density at radius 2 is 2.00 bits per heavy atom. The van der Waals surface area contributed by atoms with E-state index in [1.807, 2.05) is 6.07 Å². The van der Waals surface area contributed by atoms with Gasteiger partial charge in [-0.25, -0.2) is 0 Å². The summed E-state index contributed by atoms with van der Waals surface area (Å²) in [7, 11) is 1.35. The number of nitro groups is 1. The van der Waals surface area contributed by atoms with Gasteiger partial charge in [0.2, 0.25) is 0 Å². The number of ether oxygens (including phenoxy) is 1. The number of carbonyl (C=O) groups is 1. The van der Waals surface area contributed by atoms with Crippen molar-refractivity contribution in [2.75, 3.05) is 12.4 Å². The molecule has 0 saturated carbocycles. The van der Waals surface area contributed by atoms with Crippen molar-refractivity contribution in [2.45, 2.75) is 0 Å². The Morgan fingerprint density at radius 1 is 1.29 bits per heavy atom. The summed E-state index contributed by atoms with van der Waals surface area (Å²) in [6.45, 7) is 0. The number of thiocarbonyl (C=S) groups is 1. The van der Waals surface area contributed by atoms with Crippen molar-refractivity contribution >= 4 is 57.2 Å². The first-order valence-corrected chi connectivity index (χ1v) is 8.10. The van der Waals surface area contributed by atoms with Gasteiger partial charge in [0.05, 0.1) is 17.6 Å². The summed E-state index contributed by atoms with van der Waals surface area (Å²) in [5.74, 6) is -0.222. The van der Waals surface area contributed by atoms with Gasteiger partial charge in [0.25, 0.3) is 5.91 Å². The van der Waals surface area contributed by atoms with Crippen molar-refractivity contribution in [3.63, 3.8) is 0 Å². The second-order valence-corrected chi connectivity index (χ2v) is 6.10. The minimum atomic E-state index is -0.558. The molecule has 0 spiro atoms. The van der Waals surface area contributed by atoms with Crippen LogP contribution in [0.2, 0.25) is 0 Å². The fraction of sp³-hybridized carbons (Fsp3) is 0.0667. The number of methoxy groups -OCH3 is 1. The number of nitro benzene ring substituents is 1. The number of nitrogens with zero attached hydrogens (tertiary/aromatic N) is 1. The predicted octanol–water partition coefficient (Wildman–Crippen LogP) is 3.33. The first-order chi connectivity index (χ1) is 11.4. The molecule has 0 unspecified atom stereocenters. The highest BCUT2D eigenvalue weighted by molar-refractivity contribution is 14.1. The zero-order valence-electron chi connectivity index (χ0n) is 12.4. The Bertz CT molecular complexity index is 813. The van der Waals surface area contributed by atoms with Crippen LogP contribution in [0, 0.1) is 13.7 Å². The van der Waals surface area contributed by atoms with Gasteiger partial charge in [-0.1, -0.05) is 12.1 Å². The molecule has 0 fully saturated rings. The molecule has 2 aromatic rings. The van der Waals surface area contributed by atoms with Crippen LogP contribution in [-0.4, -0.2) is 23.1 Å². The molecule has 1 amide bonds. The van der Waals surface area contributed by atoms with E-state index in [0.29, 0.717) is 11.3 Å². The number of nitrogens with one attached hydrogen (secondary N) is 2. The van der Waals surface area contributed by atoms with Crippen molar-refractivity contribution in [2.24, 2.45) is 0 Å². The van der Waals surface area contributed by atoms with Gasteiger partial charge >= 0.3 is 5.69 Å². The van der Waals surface area contributed by atoms with Crippen LogP contribution in [-0.2, 0) is 0 Å². The largest absolute Gasteiger partial charge is 0.490 e. The summed E-state index contributed by atoms with van der Waals surface area (Å²) in [4.78, 5) is 22.6. The van der Waals surface area contributed by atoms with Crippen molar-refractivity contribution in [3.8, 4) is 5.75 Å². The molecule has 0 aliphatic carbocycles. The smallest absolute Gasteiger partial charge is 0.312 e. The number of carbonyl (C=O) groups excluding carboxylic acids is 1. The van der Waals surface area contributed by atoms with Gasteiger partial charge in [0.1, 0.15) is 0 Å². The highest BCUT2D eigenvalue weighted by atomic mass is 127. The first kappa shape index (κ1) is 18.1. The molecule has 0 atom stereocenters. The molecule has 2 aromatic carbocycles. The van der Waals surface area contributed by atoms with E-state index < -0.39 is 4.92 Å². The van der Waals surface area contributed by atoms with E-state index in [0.717, 1.165) is 3.57 Å². The molecule has 9 heteroatoms. The Balaban J connectivity index is 2.10. The van der Waals surface area contributed by atoms with Gasteiger partial charge in [-0.2, -0.15) is 0 Å². The average molecular weight is 457 g/mol. The SMILES string of the molecule is COc1ccc(NC(=S)NC(=O)c2ccccc2I)cc1[N+](=O)[O-]. The number of hydrogen-bond donors (Lipinski definition) is 2. The lowest BCUT2D eigenvalue weighted by Crippen LogP contribution is -2.34. The van der Waals surface area contributed by atoms with Gasteiger partial charge in [0.15, 0.2) is 10.9 Å². The van der Waals surface area contributed by atoms with Crippen LogP contribution >= 0.6 is 34.8 Å². The fourth-order valence-electron chi connectivity index (χ4n) is 1.89. The van der Waals surface area contributed by atoms with E-state index >= 15 is 0 Å². The zero-order chi connectivity index (χ0) is 17.7. The van der Waals surface area contributed by atoms with Crippen LogP contribution < -0.4 is 15.4 Å². The van der Waals surface area contributed by atoms with Gasteiger partial charge in [-0.3, -0.25) is 20.2 Å². The summed E-state index contributed by atoms with van der Waals surface area (Å²) >= 11 is 7.13. The number of hydrogen-bond acceptors (Lipinski definition) is 5. The Labute approximate surface area is 156 Å². The highest BCUT2D eigenvalue weighted by Gasteiger charge is 2.16. The van der Waals surface area contributed by atoms with Crippen molar-refractivity contribution < 1.29 is 14.5 Å². The highest BCUT2D eigenvalue weighted by Crippen LogP contribution is 2.29. The third-order valence-corrected chi connectivity index (χ3v) is 4.12. The Hall–Kier alpha value is -2.27. The van der Waals surface area contributed by atoms with Gasteiger partial charge < -0.3 is 10.1 Å². The maximum absolute atomic E-state index is 12.2. The van der Waals surface area contributed by atoms with Crippen LogP contribution in [0.5, 0.6) is 5.75 Å². The van der Waals surface area contributed by atoms with E-state index in [1.54, 1.807) is 24.3 Å². The van der Waals surface area contributed by atoms with Crippen LogP contribution in [0.1, 0.15) is 10.4 Å². The van der Waals surface area contributed by atoms with Crippen molar-refractivity contribution in [1.82, 2.24) is 5.32 Å². The van der Waals surface area contributed by atoms with Crippen molar-refractivity contribution in [1.29, 1.82) is 0 Å². The van der Waals surface area contributed by atoms with E-state index in [9.17, 15) is 14.9 Å². The minimum absolute atomic E-state index is 0.0408. The molecule has 2 N–H and O–H groups in total. The summed E-state index contributed by atoms with van der Waals surface area (Å²) in [5.41, 5.74) is 0.660. The topological polar surface area (TPSA) is 93.5 Å². The Morgan fingerprint density at radius 3 is 2.62 bits per heavy atom. The lowest BCUT2D eigenvalue weighted by atomic mass is 10.2. The summed E-state index contributed by atoms with van der Waals surface area (Å²) in [6, 6.07) is 11.4. The fourth-order valence-corrected chi connectivity index (χ4v) is 2.73. The molecule has 124 valence electrons. The summed E-state index contributed by atoms with van der Waals surface area (Å²) in [5, 5.41) is 16.3. The third kappa shape index (κ3) is 4.38. The maximum Gasteiger partial charge on any atom is 0.312 e. The third-order valence-electron chi connectivity index (χ3n) is 2.98. The number of amides is 1. The number of benzene rings is 2. The molecule has 0 radical (unpaired) electrons. The molecule has 0 aliphatic heterocycles. The standard InChI is InChI=1S/C15H12IN3O4S/c1-23-13-7-6-9(8-12(13)19(21)22)17-15(24)18-14(20)10-4-2-3-5-11(10)16/h2-8H,1H3,(H2,17,18,20,24). The number of halogens is 1. The van der Waals surface area contributed by atoms with Crippen LogP contribution in [0.4, 0.5) is 11.4 Å². The predicted molar refractivity (Wildman–Crippen MR) is 102 cm³/mol. The van der Waals surface area contributed by atoms with E-state index in [-0.39, 0.29) is 22.5 Å². The second kappa shape index (κ2) is 8.02. The maximum atomic E-state index is 12.2.